The summed E-state index contributed by atoms with van der Waals surface area (Å²) >= 11 is 0. The number of aliphatic hydroxyl groups excluding tert-OH is 1. The highest BCUT2D eigenvalue weighted by atomic mass is 16.5. The number of Topliss-reactive ketones (excluding diaryl/α,β-unsaturated/α-hetero) is 1. The van der Waals surface area contributed by atoms with Gasteiger partial charge in [-0.1, -0.05) is 6.92 Å². The normalized spacial score (nSPS) is 50.7. The van der Waals surface area contributed by atoms with E-state index in [2.05, 4.69) is 6.92 Å². The average Bonchev–Trinajstić information content (AvgIpc) is 3.08. The molecule has 1 heterocycles. The van der Waals surface area contributed by atoms with Gasteiger partial charge in [0.1, 0.15) is 6.61 Å². The Labute approximate surface area is 149 Å². The standard InChI is InChI=1S/C21H28O4/c1-20-6-5-15-13(14(20)2-3-16(20)18(24)10-22)9-19-17-8-12(23)4-7-21(15,17)11-25-19/h8,13-16,19,22H,2-7,9-11H2,1H3/t13-,14-,15-,16+,19?,20-,21+/m0/s1. The van der Waals surface area contributed by atoms with E-state index >= 15 is 0 Å². The zero-order valence-electron chi connectivity index (χ0n) is 15.0. The van der Waals surface area contributed by atoms with E-state index in [1.54, 1.807) is 0 Å². The summed E-state index contributed by atoms with van der Waals surface area (Å²) in [6, 6.07) is 0. The molecule has 136 valence electrons. The maximum Gasteiger partial charge on any atom is 0.161 e. The van der Waals surface area contributed by atoms with Crippen molar-refractivity contribution in [2.45, 2.75) is 58.0 Å². The van der Waals surface area contributed by atoms with Crippen molar-refractivity contribution in [1.82, 2.24) is 0 Å². The van der Waals surface area contributed by atoms with Crippen LogP contribution in [-0.4, -0.2) is 36.0 Å². The molecule has 0 radical (unpaired) electrons. The van der Waals surface area contributed by atoms with Crippen LogP contribution in [0.5, 0.6) is 0 Å². The van der Waals surface area contributed by atoms with Crippen molar-refractivity contribution >= 4 is 11.6 Å². The first-order valence-corrected chi connectivity index (χ1v) is 10.00. The molecule has 5 rings (SSSR count). The first-order valence-electron chi connectivity index (χ1n) is 10.00. The Balaban J connectivity index is 1.51. The van der Waals surface area contributed by atoms with Crippen LogP contribution in [0, 0.1) is 34.5 Å². The lowest BCUT2D eigenvalue weighted by Crippen LogP contribution is -2.53. The van der Waals surface area contributed by atoms with E-state index < -0.39 is 0 Å². The number of ether oxygens (including phenoxy) is 1. The molecule has 1 aliphatic heterocycles. The minimum atomic E-state index is -0.314. The van der Waals surface area contributed by atoms with Gasteiger partial charge < -0.3 is 9.84 Å². The first-order chi connectivity index (χ1) is 12.0. The molecule has 0 aromatic heterocycles. The zero-order valence-corrected chi connectivity index (χ0v) is 15.0. The van der Waals surface area contributed by atoms with E-state index in [0.717, 1.165) is 45.1 Å². The van der Waals surface area contributed by atoms with Crippen LogP contribution >= 0.6 is 0 Å². The molecule has 0 spiro atoms. The zero-order chi connectivity index (χ0) is 17.4. The third kappa shape index (κ3) is 1.96. The molecular weight excluding hydrogens is 316 g/mol. The second-order valence-electron chi connectivity index (χ2n) is 9.43. The van der Waals surface area contributed by atoms with E-state index in [0.29, 0.717) is 24.2 Å². The number of hydrogen-bond acceptors (Lipinski definition) is 4. The van der Waals surface area contributed by atoms with Crippen LogP contribution in [0.3, 0.4) is 0 Å². The highest BCUT2D eigenvalue weighted by Gasteiger charge is 2.64. The van der Waals surface area contributed by atoms with E-state index in [-0.39, 0.29) is 41.0 Å². The lowest BCUT2D eigenvalue weighted by atomic mass is 9.46. The third-order valence-electron chi connectivity index (χ3n) is 8.78. The Bertz CT molecular complexity index is 667. The smallest absolute Gasteiger partial charge is 0.161 e. The fourth-order valence-corrected chi connectivity index (χ4v) is 7.68. The van der Waals surface area contributed by atoms with Gasteiger partial charge in [0.05, 0.1) is 12.7 Å². The molecular formula is C21H28O4. The SMILES string of the molecule is C[C@]12CC[C@H]3[C@@H](CC4OC[C@]35CCC(=O)C=C45)[C@@H]1CC[C@@H]2C(=O)CO. The molecule has 4 fully saturated rings. The lowest BCUT2D eigenvalue weighted by Gasteiger charge is -2.56. The summed E-state index contributed by atoms with van der Waals surface area (Å²) < 4.78 is 6.20. The molecule has 0 aromatic rings. The van der Waals surface area contributed by atoms with E-state index in [9.17, 15) is 14.7 Å². The Morgan fingerprint density at radius 2 is 2.12 bits per heavy atom. The number of carbonyl (C=O) groups excluding carboxylic acids is 2. The maximum absolute atomic E-state index is 12.3. The topological polar surface area (TPSA) is 63.6 Å². The highest BCUT2D eigenvalue weighted by molar-refractivity contribution is 5.92. The molecule has 0 aromatic carbocycles. The van der Waals surface area contributed by atoms with E-state index in [1.807, 2.05) is 6.08 Å². The number of aliphatic hydroxyl groups is 1. The fourth-order valence-electron chi connectivity index (χ4n) is 7.68. The molecule has 3 saturated carbocycles. The summed E-state index contributed by atoms with van der Waals surface area (Å²) in [4.78, 5) is 24.3. The molecule has 4 heteroatoms. The van der Waals surface area contributed by atoms with Gasteiger partial charge in [-0.2, -0.15) is 0 Å². The van der Waals surface area contributed by atoms with Gasteiger partial charge in [-0.3, -0.25) is 9.59 Å². The number of fused-ring (bicyclic) bond motifs is 3. The van der Waals surface area contributed by atoms with Gasteiger partial charge >= 0.3 is 0 Å². The summed E-state index contributed by atoms with van der Waals surface area (Å²) in [7, 11) is 0. The quantitative estimate of drug-likeness (QED) is 0.836. The predicted molar refractivity (Wildman–Crippen MR) is 91.7 cm³/mol. The minimum absolute atomic E-state index is 0.0318. The average molecular weight is 344 g/mol. The Kier molecular flexibility index (Phi) is 3.41. The summed E-state index contributed by atoms with van der Waals surface area (Å²) in [5.41, 5.74) is 1.44. The van der Waals surface area contributed by atoms with E-state index in [4.69, 9.17) is 4.74 Å². The van der Waals surface area contributed by atoms with Crippen molar-refractivity contribution in [3.63, 3.8) is 0 Å². The van der Waals surface area contributed by atoms with E-state index in [1.165, 1.54) is 5.57 Å². The number of ketones is 2. The van der Waals surface area contributed by atoms with Crippen LogP contribution in [0.4, 0.5) is 0 Å². The second kappa shape index (κ2) is 5.26. The van der Waals surface area contributed by atoms with Gasteiger partial charge in [-0.15, -0.1) is 0 Å². The van der Waals surface area contributed by atoms with Gasteiger partial charge in [-0.25, -0.2) is 0 Å². The third-order valence-corrected chi connectivity index (χ3v) is 8.78. The Hall–Kier alpha value is -1.00. The molecule has 0 amide bonds. The summed E-state index contributed by atoms with van der Waals surface area (Å²) in [5, 5.41) is 9.40. The van der Waals surface area contributed by atoms with Crippen molar-refractivity contribution in [2.24, 2.45) is 34.5 Å². The summed E-state index contributed by atoms with van der Waals surface area (Å²) in [5.74, 6) is 2.12. The molecule has 7 atom stereocenters. The van der Waals surface area contributed by atoms with Gasteiger partial charge in [-0.05, 0) is 73.3 Å². The van der Waals surface area contributed by atoms with Crippen LogP contribution in [0.1, 0.15) is 51.9 Å². The Morgan fingerprint density at radius 3 is 2.92 bits per heavy atom. The van der Waals surface area contributed by atoms with Crippen LogP contribution in [0.15, 0.2) is 11.6 Å². The van der Waals surface area contributed by atoms with Gasteiger partial charge in [0.15, 0.2) is 11.6 Å². The largest absolute Gasteiger partial charge is 0.389 e. The van der Waals surface area contributed by atoms with Crippen molar-refractivity contribution in [3.8, 4) is 0 Å². The molecule has 1 unspecified atom stereocenters. The number of hydrogen-bond donors (Lipinski definition) is 1. The molecule has 1 saturated heterocycles. The van der Waals surface area contributed by atoms with Crippen molar-refractivity contribution in [2.75, 3.05) is 13.2 Å². The number of carbonyl (C=O) groups is 2. The van der Waals surface area contributed by atoms with Gasteiger partial charge in [0.2, 0.25) is 0 Å². The highest BCUT2D eigenvalue weighted by Crippen LogP contribution is 2.68. The molecule has 1 N–H and O–H groups in total. The summed E-state index contributed by atoms with van der Waals surface area (Å²) in [6.45, 7) is 2.78. The molecule has 25 heavy (non-hydrogen) atoms. The van der Waals surface area contributed by atoms with Crippen molar-refractivity contribution in [3.05, 3.63) is 11.6 Å². The minimum Gasteiger partial charge on any atom is -0.389 e. The molecule has 5 aliphatic rings. The number of rotatable bonds is 2. The van der Waals surface area contributed by atoms with Crippen LogP contribution in [-0.2, 0) is 14.3 Å². The van der Waals surface area contributed by atoms with Crippen LogP contribution < -0.4 is 0 Å². The summed E-state index contributed by atoms with van der Waals surface area (Å²) in [6.07, 6.45) is 8.92. The molecule has 2 bridgehead atoms. The second-order valence-corrected chi connectivity index (χ2v) is 9.43. The Morgan fingerprint density at radius 1 is 1.28 bits per heavy atom. The van der Waals surface area contributed by atoms with Gasteiger partial charge in [0.25, 0.3) is 0 Å². The van der Waals surface area contributed by atoms with Crippen molar-refractivity contribution in [1.29, 1.82) is 0 Å². The van der Waals surface area contributed by atoms with Gasteiger partial charge in [0, 0.05) is 17.8 Å². The molecule has 4 nitrogen and oxygen atoms in total. The van der Waals surface area contributed by atoms with Crippen LogP contribution in [0.2, 0.25) is 0 Å². The lowest BCUT2D eigenvalue weighted by molar-refractivity contribution is -0.132. The fraction of sp³-hybridized carbons (Fsp3) is 0.810. The maximum atomic E-state index is 12.3. The van der Waals surface area contributed by atoms with Crippen LogP contribution in [0.25, 0.3) is 0 Å². The predicted octanol–water partition coefficient (Wildman–Crippen LogP) is 2.68. The molecule has 4 aliphatic carbocycles. The van der Waals surface area contributed by atoms with Crippen molar-refractivity contribution < 1.29 is 19.4 Å². The monoisotopic (exact) mass is 344 g/mol. The first kappa shape index (κ1) is 16.2.